The molecular weight excluding hydrogens is 390 g/mol. The highest BCUT2D eigenvalue weighted by molar-refractivity contribution is 7.80. The monoisotopic (exact) mass is 411 g/mol. The van der Waals surface area contributed by atoms with Gasteiger partial charge in [0.15, 0.2) is 5.11 Å². The maximum atomic E-state index is 12.4. The van der Waals surface area contributed by atoms with E-state index in [4.69, 9.17) is 28.6 Å². The molecule has 0 radical (unpaired) electrons. The molecule has 0 aromatic heterocycles. The Labute approximate surface area is 168 Å². The number of unbranched alkanes of at least 4 members (excludes halogenated alkanes) is 1. The quantitative estimate of drug-likeness (QED) is 0.422. The smallest absolute Gasteiger partial charge is 0.308 e. The number of ether oxygens (including phenoxy) is 1. The van der Waals surface area contributed by atoms with Gasteiger partial charge in [-0.2, -0.15) is 0 Å². The molecule has 2 N–H and O–H groups in total. The molecule has 0 aliphatic carbocycles. The van der Waals surface area contributed by atoms with Crippen LogP contribution in [0, 0.1) is 0 Å². The fourth-order valence-electron chi connectivity index (χ4n) is 2.58. The summed E-state index contributed by atoms with van der Waals surface area (Å²) in [6.07, 6.45) is 1.53. The number of halogens is 1. The molecule has 7 nitrogen and oxygen atoms in total. The predicted octanol–water partition coefficient (Wildman–Crippen LogP) is 1.89. The number of hydrogen-bond donors (Lipinski definition) is 2. The highest BCUT2D eigenvalue weighted by Gasteiger charge is 2.34. The van der Waals surface area contributed by atoms with Gasteiger partial charge < -0.3 is 15.0 Å². The van der Waals surface area contributed by atoms with Crippen molar-refractivity contribution in [2.75, 3.05) is 19.7 Å². The van der Waals surface area contributed by atoms with Crippen LogP contribution < -0.4 is 10.6 Å². The van der Waals surface area contributed by atoms with Gasteiger partial charge in [0, 0.05) is 23.7 Å². The van der Waals surface area contributed by atoms with Crippen molar-refractivity contribution >= 4 is 46.7 Å². The van der Waals surface area contributed by atoms with E-state index >= 15 is 0 Å². The number of thiocarbonyl (C=S) groups is 1. The number of rotatable bonds is 6. The highest BCUT2D eigenvalue weighted by atomic mass is 35.5. The second-order valence-electron chi connectivity index (χ2n) is 6.05. The van der Waals surface area contributed by atoms with E-state index in [0.29, 0.717) is 30.3 Å². The van der Waals surface area contributed by atoms with Gasteiger partial charge in [-0.25, -0.2) is 0 Å². The number of amides is 2. The molecule has 1 aliphatic rings. The summed E-state index contributed by atoms with van der Waals surface area (Å²) >= 11 is 11.2. The van der Waals surface area contributed by atoms with Crippen molar-refractivity contribution in [3.63, 3.8) is 0 Å². The molecule has 0 saturated carbocycles. The van der Waals surface area contributed by atoms with Crippen molar-refractivity contribution in [1.82, 2.24) is 15.5 Å². The van der Waals surface area contributed by atoms with Gasteiger partial charge in [-0.1, -0.05) is 31.0 Å². The van der Waals surface area contributed by atoms with Crippen LogP contribution in [-0.2, 0) is 14.3 Å². The maximum absolute atomic E-state index is 12.4. The molecular formula is C18H22ClN3O4S. The normalized spacial score (nSPS) is 16.4. The standard InChI is InChI=1S/C18H22ClN3O4S/c1-2-3-9-26-15(23)11-14-17(25)20-7-8-22(14)18(27)21-16(24)12-5-4-6-13(19)10-12/h4-6,10,14H,2-3,7-9,11H2,1H3,(H,20,25)(H,21,24,27)/t14-/m0/s1. The van der Waals surface area contributed by atoms with E-state index in [1.807, 2.05) is 6.92 Å². The number of nitrogens with zero attached hydrogens (tertiary/aromatic N) is 1. The summed E-state index contributed by atoms with van der Waals surface area (Å²) in [4.78, 5) is 38.1. The molecule has 1 fully saturated rings. The van der Waals surface area contributed by atoms with E-state index in [1.165, 1.54) is 11.0 Å². The average molecular weight is 412 g/mol. The second kappa shape index (κ2) is 10.2. The third-order valence-electron chi connectivity index (χ3n) is 4.02. The first-order chi connectivity index (χ1) is 12.9. The Morgan fingerprint density at radius 1 is 1.44 bits per heavy atom. The lowest BCUT2D eigenvalue weighted by Crippen LogP contribution is -2.60. The SMILES string of the molecule is CCCCOC(=O)C[C@H]1C(=O)NCCN1C(=S)NC(=O)c1cccc(Cl)c1. The van der Waals surface area contributed by atoms with Crippen LogP contribution in [-0.4, -0.2) is 53.5 Å². The molecule has 0 bridgehead atoms. The summed E-state index contributed by atoms with van der Waals surface area (Å²) in [6.45, 7) is 3.06. The zero-order chi connectivity index (χ0) is 19.8. The summed E-state index contributed by atoms with van der Waals surface area (Å²) in [6, 6.07) is 5.62. The molecule has 1 heterocycles. The molecule has 1 aliphatic heterocycles. The first kappa shape index (κ1) is 21.1. The fraction of sp³-hybridized carbons (Fsp3) is 0.444. The summed E-state index contributed by atoms with van der Waals surface area (Å²) in [5.41, 5.74) is 0.349. The van der Waals surface area contributed by atoms with E-state index < -0.39 is 17.9 Å². The van der Waals surface area contributed by atoms with Gasteiger partial charge in [0.25, 0.3) is 5.91 Å². The van der Waals surface area contributed by atoms with Gasteiger partial charge in [-0.15, -0.1) is 0 Å². The van der Waals surface area contributed by atoms with Crippen LogP contribution in [0.25, 0.3) is 0 Å². The van der Waals surface area contributed by atoms with Gasteiger partial charge in [0.05, 0.1) is 13.0 Å². The molecule has 27 heavy (non-hydrogen) atoms. The average Bonchev–Trinajstić information content (AvgIpc) is 2.63. The molecule has 1 saturated heterocycles. The van der Waals surface area contributed by atoms with Crippen LogP contribution in [0.15, 0.2) is 24.3 Å². The molecule has 146 valence electrons. The summed E-state index contributed by atoms with van der Waals surface area (Å²) in [5.74, 6) is -1.23. The van der Waals surface area contributed by atoms with E-state index in [1.54, 1.807) is 18.2 Å². The lowest BCUT2D eigenvalue weighted by molar-refractivity contribution is -0.147. The zero-order valence-corrected chi connectivity index (χ0v) is 16.6. The number of piperazine rings is 1. The van der Waals surface area contributed by atoms with Gasteiger partial charge >= 0.3 is 5.97 Å². The predicted molar refractivity (Wildman–Crippen MR) is 106 cm³/mol. The maximum Gasteiger partial charge on any atom is 0.308 e. The van der Waals surface area contributed by atoms with Crippen molar-refractivity contribution in [3.05, 3.63) is 34.9 Å². The molecule has 1 aromatic carbocycles. The Morgan fingerprint density at radius 2 is 2.22 bits per heavy atom. The Balaban J connectivity index is 2.01. The minimum Gasteiger partial charge on any atom is -0.466 e. The Bertz CT molecular complexity index is 728. The van der Waals surface area contributed by atoms with Crippen molar-refractivity contribution in [2.24, 2.45) is 0 Å². The summed E-state index contributed by atoms with van der Waals surface area (Å²) in [5, 5.41) is 5.81. The van der Waals surface area contributed by atoms with Crippen molar-refractivity contribution < 1.29 is 19.1 Å². The van der Waals surface area contributed by atoms with Crippen LogP contribution in [0.5, 0.6) is 0 Å². The minimum absolute atomic E-state index is 0.0844. The van der Waals surface area contributed by atoms with E-state index in [0.717, 1.165) is 12.8 Å². The first-order valence-electron chi connectivity index (χ1n) is 8.73. The lowest BCUT2D eigenvalue weighted by atomic mass is 10.1. The third kappa shape index (κ3) is 6.18. The Hall–Kier alpha value is -2.19. The van der Waals surface area contributed by atoms with E-state index in [-0.39, 0.29) is 17.4 Å². The van der Waals surface area contributed by atoms with Crippen molar-refractivity contribution in [1.29, 1.82) is 0 Å². The van der Waals surface area contributed by atoms with Gasteiger partial charge in [0.2, 0.25) is 5.91 Å². The fourth-order valence-corrected chi connectivity index (χ4v) is 3.08. The van der Waals surface area contributed by atoms with Crippen LogP contribution in [0.1, 0.15) is 36.5 Å². The Kier molecular flexibility index (Phi) is 7.99. The van der Waals surface area contributed by atoms with Gasteiger partial charge in [0.1, 0.15) is 6.04 Å². The summed E-state index contributed by atoms with van der Waals surface area (Å²) < 4.78 is 5.13. The second-order valence-corrected chi connectivity index (χ2v) is 6.87. The summed E-state index contributed by atoms with van der Waals surface area (Å²) in [7, 11) is 0. The molecule has 0 unspecified atom stereocenters. The molecule has 2 rings (SSSR count). The minimum atomic E-state index is -0.819. The zero-order valence-electron chi connectivity index (χ0n) is 15.0. The highest BCUT2D eigenvalue weighted by Crippen LogP contribution is 2.13. The number of nitrogens with one attached hydrogen (secondary N) is 2. The first-order valence-corrected chi connectivity index (χ1v) is 9.52. The van der Waals surface area contributed by atoms with Crippen LogP contribution in [0.4, 0.5) is 0 Å². The lowest BCUT2D eigenvalue weighted by Gasteiger charge is -2.36. The molecule has 1 aromatic rings. The largest absolute Gasteiger partial charge is 0.466 e. The molecule has 9 heteroatoms. The number of esters is 1. The van der Waals surface area contributed by atoms with Gasteiger partial charge in [-0.3, -0.25) is 19.7 Å². The number of carbonyl (C=O) groups is 3. The Morgan fingerprint density at radius 3 is 2.93 bits per heavy atom. The number of carbonyl (C=O) groups excluding carboxylic acids is 3. The molecule has 1 atom stereocenters. The number of hydrogen-bond acceptors (Lipinski definition) is 5. The van der Waals surface area contributed by atoms with Gasteiger partial charge in [-0.05, 0) is 36.8 Å². The van der Waals surface area contributed by atoms with Crippen LogP contribution in [0.3, 0.4) is 0 Å². The van der Waals surface area contributed by atoms with E-state index in [9.17, 15) is 14.4 Å². The van der Waals surface area contributed by atoms with Crippen LogP contribution >= 0.6 is 23.8 Å². The topological polar surface area (TPSA) is 87.7 Å². The van der Waals surface area contributed by atoms with Crippen LogP contribution in [0.2, 0.25) is 5.02 Å². The molecule has 0 spiro atoms. The number of benzene rings is 1. The third-order valence-corrected chi connectivity index (χ3v) is 4.59. The van der Waals surface area contributed by atoms with E-state index in [2.05, 4.69) is 10.6 Å². The molecule has 2 amide bonds. The van der Waals surface area contributed by atoms with Crippen molar-refractivity contribution in [3.8, 4) is 0 Å². The van der Waals surface area contributed by atoms with Crippen molar-refractivity contribution in [2.45, 2.75) is 32.2 Å².